The number of aryl methyl sites for hydroxylation is 1. The third-order valence-corrected chi connectivity index (χ3v) is 3.12. The molecule has 110 valence electrons. The monoisotopic (exact) mass is 280 g/mol. The van der Waals surface area contributed by atoms with Gasteiger partial charge in [-0.05, 0) is 12.0 Å². The zero-order valence-electron chi connectivity index (χ0n) is 12.0. The van der Waals surface area contributed by atoms with Crippen LogP contribution in [-0.2, 0) is 30.2 Å². The molecule has 0 spiro atoms. The van der Waals surface area contributed by atoms with Gasteiger partial charge in [0, 0.05) is 20.6 Å². The van der Waals surface area contributed by atoms with Crippen molar-refractivity contribution < 1.29 is 23.8 Å². The number of methoxy groups -OCH3 is 3. The molecule has 5 nitrogen and oxygen atoms in total. The van der Waals surface area contributed by atoms with Crippen LogP contribution in [0.5, 0.6) is 0 Å². The normalized spacial score (nSPS) is 11.2. The van der Waals surface area contributed by atoms with Crippen LogP contribution < -0.4 is 0 Å². The largest absolute Gasteiger partial charge is 0.465 e. The van der Waals surface area contributed by atoms with Gasteiger partial charge in [-0.1, -0.05) is 30.3 Å². The fourth-order valence-electron chi connectivity index (χ4n) is 1.90. The van der Waals surface area contributed by atoms with Crippen molar-refractivity contribution in [1.82, 2.24) is 0 Å². The summed E-state index contributed by atoms with van der Waals surface area (Å²) < 4.78 is 14.7. The molecule has 0 bridgehead atoms. The third kappa shape index (κ3) is 4.15. The van der Waals surface area contributed by atoms with E-state index in [1.54, 1.807) is 0 Å². The first kappa shape index (κ1) is 16.3. The van der Waals surface area contributed by atoms with Gasteiger partial charge in [0.05, 0.1) is 13.5 Å². The Bertz CT molecular complexity index is 437. The molecular weight excluding hydrogens is 260 g/mol. The molecule has 0 aliphatic rings. The number of rotatable bonds is 8. The quantitative estimate of drug-likeness (QED) is 0.536. The second-order valence-electron chi connectivity index (χ2n) is 4.35. The van der Waals surface area contributed by atoms with Gasteiger partial charge in [0.1, 0.15) is 5.78 Å². The Balaban J connectivity index is 2.61. The average molecular weight is 280 g/mol. The summed E-state index contributed by atoms with van der Waals surface area (Å²) in [5.74, 6) is -2.48. The minimum Gasteiger partial charge on any atom is -0.465 e. The van der Waals surface area contributed by atoms with E-state index in [2.05, 4.69) is 4.74 Å². The number of ketones is 1. The van der Waals surface area contributed by atoms with Crippen LogP contribution in [0, 0.1) is 0 Å². The molecule has 0 radical (unpaired) electrons. The molecule has 0 fully saturated rings. The summed E-state index contributed by atoms with van der Waals surface area (Å²) in [5.41, 5.74) is 1.07. The summed E-state index contributed by atoms with van der Waals surface area (Å²) in [6.07, 6.45) is 0.763. The molecule has 0 saturated heterocycles. The van der Waals surface area contributed by atoms with Crippen molar-refractivity contribution in [2.45, 2.75) is 25.0 Å². The molecule has 0 amide bonds. The van der Waals surface area contributed by atoms with Crippen LogP contribution in [0.3, 0.4) is 0 Å². The lowest BCUT2D eigenvalue weighted by Gasteiger charge is -2.26. The third-order valence-electron chi connectivity index (χ3n) is 3.12. The zero-order valence-corrected chi connectivity index (χ0v) is 12.0. The SMILES string of the molecule is COC(=O)C(CC(=O)CCc1ccccc1)(OC)OC. The first-order valence-electron chi connectivity index (χ1n) is 6.32. The summed E-state index contributed by atoms with van der Waals surface area (Å²) in [4.78, 5) is 23.7. The van der Waals surface area contributed by atoms with Gasteiger partial charge < -0.3 is 14.2 Å². The fourth-order valence-corrected chi connectivity index (χ4v) is 1.90. The number of hydrogen-bond donors (Lipinski definition) is 0. The second-order valence-corrected chi connectivity index (χ2v) is 4.35. The van der Waals surface area contributed by atoms with Crippen molar-refractivity contribution in [1.29, 1.82) is 0 Å². The van der Waals surface area contributed by atoms with Crippen molar-refractivity contribution in [2.75, 3.05) is 21.3 Å². The second kappa shape index (κ2) is 7.77. The van der Waals surface area contributed by atoms with Gasteiger partial charge in [-0.25, -0.2) is 4.79 Å². The van der Waals surface area contributed by atoms with E-state index in [0.29, 0.717) is 12.8 Å². The lowest BCUT2D eigenvalue weighted by molar-refractivity contribution is -0.229. The highest BCUT2D eigenvalue weighted by Gasteiger charge is 2.42. The highest BCUT2D eigenvalue weighted by atomic mass is 16.7. The van der Waals surface area contributed by atoms with Crippen LogP contribution in [0.15, 0.2) is 30.3 Å². The summed E-state index contributed by atoms with van der Waals surface area (Å²) in [7, 11) is 3.85. The van der Waals surface area contributed by atoms with E-state index in [0.717, 1.165) is 5.56 Å². The zero-order chi connectivity index (χ0) is 15.0. The van der Waals surface area contributed by atoms with Gasteiger partial charge >= 0.3 is 5.97 Å². The molecule has 1 aromatic rings. The first-order chi connectivity index (χ1) is 9.57. The van der Waals surface area contributed by atoms with Crippen LogP contribution in [0.4, 0.5) is 0 Å². The van der Waals surface area contributed by atoms with Crippen molar-refractivity contribution in [3.05, 3.63) is 35.9 Å². The van der Waals surface area contributed by atoms with Crippen LogP contribution in [0.1, 0.15) is 18.4 Å². The number of Topliss-reactive ketones (excluding diaryl/α,β-unsaturated/α-hetero) is 1. The number of carbonyl (C=O) groups excluding carboxylic acids is 2. The maximum Gasteiger partial charge on any atom is 0.367 e. The molecule has 0 N–H and O–H groups in total. The van der Waals surface area contributed by atoms with E-state index >= 15 is 0 Å². The van der Waals surface area contributed by atoms with Crippen LogP contribution in [-0.4, -0.2) is 38.9 Å². The number of carbonyl (C=O) groups is 2. The summed E-state index contributed by atoms with van der Waals surface area (Å²) in [5, 5.41) is 0. The van der Waals surface area contributed by atoms with E-state index in [4.69, 9.17) is 9.47 Å². The molecule has 5 heteroatoms. The topological polar surface area (TPSA) is 61.8 Å². The van der Waals surface area contributed by atoms with Gasteiger partial charge in [-0.2, -0.15) is 0 Å². The Labute approximate surface area is 118 Å². The van der Waals surface area contributed by atoms with Crippen LogP contribution >= 0.6 is 0 Å². The molecule has 20 heavy (non-hydrogen) atoms. The Morgan fingerprint density at radius 3 is 2.15 bits per heavy atom. The molecule has 0 aliphatic heterocycles. The minimum atomic E-state index is -1.65. The van der Waals surface area contributed by atoms with E-state index in [1.807, 2.05) is 30.3 Å². The Kier molecular flexibility index (Phi) is 6.35. The van der Waals surface area contributed by atoms with E-state index in [-0.39, 0.29) is 12.2 Å². The minimum absolute atomic E-state index is 0.122. The van der Waals surface area contributed by atoms with Gasteiger partial charge in [-0.3, -0.25) is 4.79 Å². The Hall–Kier alpha value is -1.72. The summed E-state index contributed by atoms with van der Waals surface area (Å²) in [6, 6.07) is 9.66. The number of benzene rings is 1. The molecule has 0 unspecified atom stereocenters. The highest BCUT2D eigenvalue weighted by Crippen LogP contribution is 2.20. The van der Waals surface area contributed by atoms with E-state index in [1.165, 1.54) is 21.3 Å². The van der Waals surface area contributed by atoms with Gasteiger partial charge in [-0.15, -0.1) is 0 Å². The predicted molar refractivity (Wildman–Crippen MR) is 73.2 cm³/mol. The number of ether oxygens (including phenoxy) is 3. The Morgan fingerprint density at radius 2 is 1.65 bits per heavy atom. The predicted octanol–water partition coefficient (Wildman–Crippen LogP) is 1.74. The van der Waals surface area contributed by atoms with Crippen LogP contribution in [0.25, 0.3) is 0 Å². The van der Waals surface area contributed by atoms with Crippen LogP contribution in [0.2, 0.25) is 0 Å². The van der Waals surface area contributed by atoms with E-state index < -0.39 is 11.8 Å². The first-order valence-corrected chi connectivity index (χ1v) is 6.32. The molecular formula is C15H20O5. The molecule has 0 aromatic heterocycles. The molecule has 1 rings (SSSR count). The standard InChI is InChI=1S/C15H20O5/c1-18-14(17)15(19-2,20-3)11-13(16)10-9-12-7-5-4-6-8-12/h4-8H,9-11H2,1-3H3. The fraction of sp³-hybridized carbons (Fsp3) is 0.467. The smallest absolute Gasteiger partial charge is 0.367 e. The summed E-state index contributed by atoms with van der Waals surface area (Å²) >= 11 is 0. The molecule has 0 saturated carbocycles. The molecule has 0 aliphatic carbocycles. The van der Waals surface area contributed by atoms with Gasteiger partial charge in [0.15, 0.2) is 0 Å². The maximum atomic E-state index is 12.0. The number of hydrogen-bond acceptors (Lipinski definition) is 5. The summed E-state index contributed by atoms with van der Waals surface area (Å²) in [6.45, 7) is 0. The van der Waals surface area contributed by atoms with Gasteiger partial charge in [0.25, 0.3) is 5.79 Å². The van der Waals surface area contributed by atoms with Gasteiger partial charge in [0.2, 0.25) is 0 Å². The molecule has 1 aromatic carbocycles. The van der Waals surface area contributed by atoms with Crippen molar-refractivity contribution >= 4 is 11.8 Å². The van der Waals surface area contributed by atoms with E-state index in [9.17, 15) is 9.59 Å². The average Bonchev–Trinajstić information content (AvgIpc) is 2.51. The van der Waals surface area contributed by atoms with Crippen molar-refractivity contribution in [3.8, 4) is 0 Å². The number of esters is 1. The van der Waals surface area contributed by atoms with Crippen molar-refractivity contribution in [3.63, 3.8) is 0 Å². The highest BCUT2D eigenvalue weighted by molar-refractivity contribution is 5.88. The molecule has 0 atom stereocenters. The lowest BCUT2D eigenvalue weighted by atomic mass is 10.0. The Morgan fingerprint density at radius 1 is 1.05 bits per heavy atom. The maximum absolute atomic E-state index is 12.0. The van der Waals surface area contributed by atoms with Crippen molar-refractivity contribution in [2.24, 2.45) is 0 Å². The lowest BCUT2D eigenvalue weighted by Crippen LogP contribution is -2.45. The molecule has 0 heterocycles.